The van der Waals surface area contributed by atoms with Crippen LogP contribution in [0, 0.1) is 0 Å². The second-order valence-electron chi connectivity index (χ2n) is 4.08. The first-order valence-corrected chi connectivity index (χ1v) is 5.60. The summed E-state index contributed by atoms with van der Waals surface area (Å²) in [7, 11) is 3.69. The first-order valence-electron chi connectivity index (χ1n) is 5.60. The predicted molar refractivity (Wildman–Crippen MR) is 69.3 cm³/mol. The standard InChI is InChI=1S/C14H21NO/c1-11(12(2)15-3)8-13-6-5-7-14(9-13)10-16-4/h5-9,12,15H,10H2,1-4H3/b11-8+. The molecule has 0 saturated carbocycles. The van der Waals surface area contributed by atoms with Gasteiger partial charge in [0.05, 0.1) is 6.61 Å². The maximum atomic E-state index is 5.12. The van der Waals surface area contributed by atoms with E-state index < -0.39 is 0 Å². The summed E-state index contributed by atoms with van der Waals surface area (Å²) in [6.45, 7) is 4.97. The van der Waals surface area contributed by atoms with Crippen LogP contribution in [0.15, 0.2) is 29.8 Å². The maximum Gasteiger partial charge on any atom is 0.0713 e. The molecule has 1 aromatic rings. The van der Waals surface area contributed by atoms with Gasteiger partial charge in [-0.3, -0.25) is 0 Å². The number of nitrogens with one attached hydrogen (secondary N) is 1. The van der Waals surface area contributed by atoms with Crippen LogP contribution in [0.1, 0.15) is 25.0 Å². The number of rotatable bonds is 5. The molecule has 2 nitrogen and oxygen atoms in total. The van der Waals surface area contributed by atoms with Crippen molar-refractivity contribution in [1.29, 1.82) is 0 Å². The SMILES string of the molecule is CNC(C)/C(C)=C/c1cccc(COC)c1. The van der Waals surface area contributed by atoms with Gasteiger partial charge in [-0.2, -0.15) is 0 Å². The van der Waals surface area contributed by atoms with Gasteiger partial charge in [0.25, 0.3) is 0 Å². The molecule has 1 rings (SSSR count). The van der Waals surface area contributed by atoms with Gasteiger partial charge in [0, 0.05) is 13.2 Å². The molecule has 1 atom stereocenters. The summed E-state index contributed by atoms with van der Waals surface area (Å²) >= 11 is 0. The average Bonchev–Trinajstić information content (AvgIpc) is 2.29. The molecule has 2 heteroatoms. The number of likely N-dealkylation sites (N-methyl/N-ethyl adjacent to an activating group) is 1. The minimum atomic E-state index is 0.408. The van der Waals surface area contributed by atoms with Gasteiger partial charge in [0.2, 0.25) is 0 Å². The summed E-state index contributed by atoms with van der Waals surface area (Å²) in [5.41, 5.74) is 3.77. The fraction of sp³-hybridized carbons (Fsp3) is 0.429. The Labute approximate surface area is 98.3 Å². The van der Waals surface area contributed by atoms with Gasteiger partial charge >= 0.3 is 0 Å². The number of benzene rings is 1. The Bertz CT molecular complexity index is 358. The lowest BCUT2D eigenvalue weighted by Crippen LogP contribution is -2.21. The Morgan fingerprint density at radius 2 is 2.25 bits per heavy atom. The Kier molecular flexibility index (Phi) is 5.23. The molecule has 0 radical (unpaired) electrons. The van der Waals surface area contributed by atoms with Crippen molar-refractivity contribution in [2.75, 3.05) is 14.2 Å². The molecule has 0 bridgehead atoms. The second-order valence-corrected chi connectivity index (χ2v) is 4.08. The largest absolute Gasteiger partial charge is 0.380 e. The molecule has 0 saturated heterocycles. The third-order valence-corrected chi connectivity index (χ3v) is 2.77. The van der Waals surface area contributed by atoms with Crippen LogP contribution in [-0.4, -0.2) is 20.2 Å². The van der Waals surface area contributed by atoms with Crippen LogP contribution in [-0.2, 0) is 11.3 Å². The quantitative estimate of drug-likeness (QED) is 0.822. The smallest absolute Gasteiger partial charge is 0.0713 e. The Morgan fingerprint density at radius 3 is 2.88 bits per heavy atom. The summed E-state index contributed by atoms with van der Waals surface area (Å²) in [6, 6.07) is 8.83. The van der Waals surface area contributed by atoms with E-state index in [9.17, 15) is 0 Å². The van der Waals surface area contributed by atoms with E-state index in [1.807, 2.05) is 7.05 Å². The molecule has 0 aliphatic carbocycles. The first-order chi connectivity index (χ1) is 7.67. The highest BCUT2D eigenvalue weighted by Crippen LogP contribution is 2.12. The van der Waals surface area contributed by atoms with Crippen LogP contribution in [0.3, 0.4) is 0 Å². The Hall–Kier alpha value is -1.12. The van der Waals surface area contributed by atoms with Crippen LogP contribution < -0.4 is 5.32 Å². The van der Waals surface area contributed by atoms with E-state index in [1.54, 1.807) is 7.11 Å². The molecular formula is C14H21NO. The van der Waals surface area contributed by atoms with Gasteiger partial charge in [-0.05, 0) is 38.1 Å². The summed E-state index contributed by atoms with van der Waals surface area (Å²) in [5, 5.41) is 3.23. The van der Waals surface area contributed by atoms with Crippen molar-refractivity contribution in [3.8, 4) is 0 Å². The van der Waals surface area contributed by atoms with Gasteiger partial charge in [0.15, 0.2) is 0 Å². The lowest BCUT2D eigenvalue weighted by atomic mass is 10.1. The summed E-state index contributed by atoms with van der Waals surface area (Å²) in [5.74, 6) is 0. The molecule has 16 heavy (non-hydrogen) atoms. The lowest BCUT2D eigenvalue weighted by molar-refractivity contribution is 0.185. The number of methoxy groups -OCH3 is 1. The van der Waals surface area contributed by atoms with Gasteiger partial charge < -0.3 is 10.1 Å². The molecular weight excluding hydrogens is 198 g/mol. The van der Waals surface area contributed by atoms with Crippen LogP contribution in [0.2, 0.25) is 0 Å². The molecule has 0 aromatic heterocycles. The molecule has 1 aromatic carbocycles. The zero-order chi connectivity index (χ0) is 12.0. The zero-order valence-electron chi connectivity index (χ0n) is 10.6. The summed E-state index contributed by atoms with van der Waals surface area (Å²) in [6.07, 6.45) is 2.21. The highest BCUT2D eigenvalue weighted by atomic mass is 16.5. The van der Waals surface area contributed by atoms with Crippen molar-refractivity contribution in [1.82, 2.24) is 5.32 Å². The van der Waals surface area contributed by atoms with Crippen LogP contribution in [0.5, 0.6) is 0 Å². The maximum absolute atomic E-state index is 5.12. The van der Waals surface area contributed by atoms with Crippen molar-refractivity contribution < 1.29 is 4.74 Å². The van der Waals surface area contributed by atoms with Crippen molar-refractivity contribution >= 4 is 6.08 Å². The molecule has 1 N–H and O–H groups in total. The molecule has 0 spiro atoms. The fourth-order valence-corrected chi connectivity index (χ4v) is 1.55. The highest BCUT2D eigenvalue weighted by Gasteiger charge is 2.00. The molecule has 88 valence electrons. The summed E-state index contributed by atoms with van der Waals surface area (Å²) < 4.78 is 5.12. The van der Waals surface area contributed by atoms with E-state index in [0.29, 0.717) is 12.6 Å². The molecule has 0 amide bonds. The molecule has 0 heterocycles. The molecule has 0 aliphatic heterocycles. The number of hydrogen-bond donors (Lipinski definition) is 1. The van der Waals surface area contributed by atoms with E-state index in [2.05, 4.69) is 49.5 Å². The van der Waals surface area contributed by atoms with Gasteiger partial charge in [-0.15, -0.1) is 0 Å². The van der Waals surface area contributed by atoms with E-state index in [0.717, 1.165) is 0 Å². The molecule has 0 aliphatic rings. The second kappa shape index (κ2) is 6.46. The van der Waals surface area contributed by atoms with Gasteiger partial charge in [-0.1, -0.05) is 29.8 Å². The third kappa shape index (κ3) is 3.80. The Balaban J connectivity index is 2.84. The van der Waals surface area contributed by atoms with E-state index in [4.69, 9.17) is 4.74 Å². The van der Waals surface area contributed by atoms with E-state index >= 15 is 0 Å². The average molecular weight is 219 g/mol. The zero-order valence-corrected chi connectivity index (χ0v) is 10.6. The van der Waals surface area contributed by atoms with Crippen molar-refractivity contribution in [2.45, 2.75) is 26.5 Å². The third-order valence-electron chi connectivity index (χ3n) is 2.77. The van der Waals surface area contributed by atoms with Crippen molar-refractivity contribution in [2.24, 2.45) is 0 Å². The minimum absolute atomic E-state index is 0.408. The van der Waals surface area contributed by atoms with E-state index in [-0.39, 0.29) is 0 Å². The van der Waals surface area contributed by atoms with Crippen LogP contribution >= 0.6 is 0 Å². The summed E-state index contributed by atoms with van der Waals surface area (Å²) in [4.78, 5) is 0. The minimum Gasteiger partial charge on any atom is -0.380 e. The number of hydrogen-bond acceptors (Lipinski definition) is 2. The number of ether oxygens (including phenoxy) is 1. The first kappa shape index (κ1) is 12.9. The lowest BCUT2D eigenvalue weighted by Gasteiger charge is -2.11. The predicted octanol–water partition coefficient (Wildman–Crippen LogP) is 2.84. The van der Waals surface area contributed by atoms with Gasteiger partial charge in [-0.25, -0.2) is 0 Å². The normalized spacial score (nSPS) is 13.9. The molecule has 0 fully saturated rings. The van der Waals surface area contributed by atoms with Crippen molar-refractivity contribution in [3.05, 3.63) is 41.0 Å². The highest BCUT2D eigenvalue weighted by molar-refractivity contribution is 5.54. The van der Waals surface area contributed by atoms with E-state index in [1.165, 1.54) is 16.7 Å². The monoisotopic (exact) mass is 219 g/mol. The van der Waals surface area contributed by atoms with Crippen LogP contribution in [0.25, 0.3) is 6.08 Å². The molecule has 1 unspecified atom stereocenters. The Morgan fingerprint density at radius 1 is 1.50 bits per heavy atom. The van der Waals surface area contributed by atoms with Crippen molar-refractivity contribution in [3.63, 3.8) is 0 Å². The van der Waals surface area contributed by atoms with Crippen LogP contribution in [0.4, 0.5) is 0 Å². The fourth-order valence-electron chi connectivity index (χ4n) is 1.55. The van der Waals surface area contributed by atoms with Gasteiger partial charge in [0.1, 0.15) is 0 Å². The topological polar surface area (TPSA) is 21.3 Å².